The normalized spacial score (nSPS) is 16.7. The van der Waals surface area contributed by atoms with Gasteiger partial charge in [-0.15, -0.1) is 0 Å². The van der Waals surface area contributed by atoms with Crippen LogP contribution in [-0.2, 0) is 0 Å². The number of piperidine rings is 1. The number of para-hydroxylation sites is 1. The lowest BCUT2D eigenvalue weighted by Gasteiger charge is -2.37. The smallest absolute Gasteiger partial charge is 0.337 e. The highest BCUT2D eigenvalue weighted by Crippen LogP contribution is 2.32. The Hall–Kier alpha value is -3.35. The first-order valence-corrected chi connectivity index (χ1v) is 11.0. The molecule has 1 aliphatic heterocycles. The molecule has 1 aliphatic rings. The van der Waals surface area contributed by atoms with Crippen molar-refractivity contribution in [2.75, 3.05) is 23.3 Å². The second-order valence-electron chi connectivity index (χ2n) is 9.51. The summed E-state index contributed by atoms with van der Waals surface area (Å²) in [5.74, 6) is -0.388. The average molecular weight is 435 g/mol. The fraction of sp³-hybridized carbons (Fsp3) is 0.400. The highest BCUT2D eigenvalue weighted by atomic mass is 16.4. The Morgan fingerprint density at radius 1 is 1.22 bits per heavy atom. The molecule has 0 unspecified atom stereocenters. The number of rotatable bonds is 5. The van der Waals surface area contributed by atoms with E-state index in [4.69, 9.17) is 4.98 Å². The first kappa shape index (κ1) is 21.9. The van der Waals surface area contributed by atoms with Crippen molar-refractivity contribution < 1.29 is 9.90 Å². The summed E-state index contributed by atoms with van der Waals surface area (Å²) in [6.07, 6.45) is 2.08. The zero-order chi connectivity index (χ0) is 23.0. The number of hydrogen-bond acceptors (Lipinski definition) is 5. The highest BCUT2D eigenvalue weighted by molar-refractivity contribution is 5.94. The molecule has 0 aliphatic carbocycles. The van der Waals surface area contributed by atoms with Crippen molar-refractivity contribution in [1.29, 1.82) is 0 Å². The Morgan fingerprint density at radius 2 is 1.91 bits per heavy atom. The van der Waals surface area contributed by atoms with Gasteiger partial charge in [0.15, 0.2) is 0 Å². The highest BCUT2D eigenvalue weighted by Gasteiger charge is 2.27. The fourth-order valence-electron chi connectivity index (χ4n) is 4.32. The second kappa shape index (κ2) is 8.30. The molecular formula is C25H30N4O3. The molecule has 32 heavy (non-hydrogen) atoms. The lowest BCUT2D eigenvalue weighted by atomic mass is 9.83. The average Bonchev–Trinajstić information content (AvgIpc) is 2.74. The minimum atomic E-state index is -0.987. The third-order valence-corrected chi connectivity index (χ3v) is 6.38. The van der Waals surface area contributed by atoms with Gasteiger partial charge in [-0.3, -0.25) is 9.78 Å². The molecule has 0 saturated carbocycles. The van der Waals surface area contributed by atoms with Crippen molar-refractivity contribution in [2.24, 2.45) is 5.41 Å². The van der Waals surface area contributed by atoms with Crippen LogP contribution in [0, 0.1) is 12.3 Å². The van der Waals surface area contributed by atoms with E-state index in [0.717, 1.165) is 37.1 Å². The van der Waals surface area contributed by atoms with E-state index in [-0.39, 0.29) is 17.2 Å². The van der Waals surface area contributed by atoms with Crippen LogP contribution >= 0.6 is 0 Å². The van der Waals surface area contributed by atoms with E-state index in [1.807, 2.05) is 26.0 Å². The molecule has 168 valence electrons. The Labute approximate surface area is 187 Å². The first-order chi connectivity index (χ1) is 15.1. The van der Waals surface area contributed by atoms with Crippen LogP contribution < -0.4 is 15.8 Å². The molecule has 4 rings (SSSR count). The molecule has 2 heterocycles. The third kappa shape index (κ3) is 4.33. The number of aromatic carboxylic acids is 1. The number of aromatic nitrogens is 2. The van der Waals surface area contributed by atoms with Crippen LogP contribution in [0.2, 0.25) is 0 Å². The van der Waals surface area contributed by atoms with Crippen molar-refractivity contribution in [3.63, 3.8) is 0 Å². The first-order valence-electron chi connectivity index (χ1n) is 11.0. The number of hydrogen-bond donors (Lipinski definition) is 3. The standard InChI is InChI=1S/C25H30N4O3/c1-15-13-18(16(2)26-20-8-6-5-7-17(20)23(31)32)21-19(14-15)22(30)28-24(27-21)29-11-9-25(3,4)10-12-29/h5-8,13-14,16,26H,9-12H2,1-4H3,(H,31,32)(H,27,28,30)/t16-/m1/s1. The van der Waals surface area contributed by atoms with Crippen LogP contribution in [0.15, 0.2) is 41.2 Å². The Morgan fingerprint density at radius 3 is 2.59 bits per heavy atom. The number of aromatic amines is 1. The van der Waals surface area contributed by atoms with Crippen LogP contribution in [0.5, 0.6) is 0 Å². The van der Waals surface area contributed by atoms with E-state index in [1.54, 1.807) is 24.3 Å². The summed E-state index contributed by atoms with van der Waals surface area (Å²) in [7, 11) is 0. The maximum atomic E-state index is 13.0. The second-order valence-corrected chi connectivity index (χ2v) is 9.51. The van der Waals surface area contributed by atoms with Crippen LogP contribution in [0.1, 0.15) is 61.1 Å². The molecule has 7 heteroatoms. The van der Waals surface area contributed by atoms with E-state index in [9.17, 15) is 14.7 Å². The summed E-state index contributed by atoms with van der Waals surface area (Å²) >= 11 is 0. The number of nitrogens with zero attached hydrogens (tertiary/aromatic N) is 2. The number of anilines is 2. The molecule has 1 atom stereocenters. The van der Waals surface area contributed by atoms with E-state index in [0.29, 0.717) is 28.0 Å². The summed E-state index contributed by atoms with van der Waals surface area (Å²) in [6, 6.07) is 10.4. The largest absolute Gasteiger partial charge is 0.478 e. The van der Waals surface area contributed by atoms with Crippen LogP contribution in [-0.4, -0.2) is 34.1 Å². The zero-order valence-corrected chi connectivity index (χ0v) is 19.0. The van der Waals surface area contributed by atoms with Crippen LogP contribution in [0.25, 0.3) is 10.9 Å². The zero-order valence-electron chi connectivity index (χ0n) is 19.0. The van der Waals surface area contributed by atoms with E-state index in [2.05, 4.69) is 29.0 Å². The maximum Gasteiger partial charge on any atom is 0.337 e. The number of aryl methyl sites for hydroxylation is 1. The Balaban J connectivity index is 1.75. The molecule has 1 fully saturated rings. The summed E-state index contributed by atoms with van der Waals surface area (Å²) in [5.41, 5.74) is 3.35. The third-order valence-electron chi connectivity index (χ3n) is 6.38. The van der Waals surface area contributed by atoms with Gasteiger partial charge in [0.05, 0.1) is 22.5 Å². The van der Waals surface area contributed by atoms with Crippen molar-refractivity contribution >= 4 is 28.5 Å². The lowest BCUT2D eigenvalue weighted by Crippen LogP contribution is -2.39. The quantitative estimate of drug-likeness (QED) is 0.537. The molecule has 1 aromatic heterocycles. The van der Waals surface area contributed by atoms with Gasteiger partial charge >= 0.3 is 5.97 Å². The molecule has 7 nitrogen and oxygen atoms in total. The van der Waals surface area contributed by atoms with E-state index < -0.39 is 5.97 Å². The van der Waals surface area contributed by atoms with Gasteiger partial charge in [-0.2, -0.15) is 0 Å². The summed E-state index contributed by atoms with van der Waals surface area (Å²) < 4.78 is 0. The predicted molar refractivity (Wildman–Crippen MR) is 128 cm³/mol. The predicted octanol–water partition coefficient (Wildman–Crippen LogP) is 4.73. The van der Waals surface area contributed by atoms with E-state index >= 15 is 0 Å². The van der Waals surface area contributed by atoms with Gasteiger partial charge in [0.1, 0.15) is 0 Å². The number of carboxylic acid groups (broad SMARTS) is 1. The van der Waals surface area contributed by atoms with Crippen molar-refractivity contribution in [1.82, 2.24) is 9.97 Å². The van der Waals surface area contributed by atoms with Crippen molar-refractivity contribution in [3.05, 3.63) is 63.4 Å². The van der Waals surface area contributed by atoms with Gasteiger partial charge < -0.3 is 15.3 Å². The maximum absolute atomic E-state index is 13.0. The van der Waals surface area contributed by atoms with Crippen LogP contribution in [0.3, 0.4) is 0 Å². The Kier molecular flexibility index (Phi) is 5.67. The molecule has 0 bridgehead atoms. The molecule has 0 radical (unpaired) electrons. The van der Waals surface area contributed by atoms with Gasteiger partial charge in [-0.05, 0) is 55.9 Å². The summed E-state index contributed by atoms with van der Waals surface area (Å²) in [4.78, 5) is 34.6. The molecule has 3 N–H and O–H groups in total. The van der Waals surface area contributed by atoms with E-state index in [1.165, 1.54) is 0 Å². The molecule has 0 spiro atoms. The van der Waals surface area contributed by atoms with Crippen molar-refractivity contribution in [2.45, 2.75) is 46.6 Å². The monoisotopic (exact) mass is 434 g/mol. The molecule has 0 amide bonds. The summed E-state index contributed by atoms with van der Waals surface area (Å²) in [5, 5.41) is 13.4. The van der Waals surface area contributed by atoms with Crippen LogP contribution in [0.4, 0.5) is 11.6 Å². The molecule has 3 aromatic rings. The number of nitrogens with one attached hydrogen (secondary N) is 2. The SMILES string of the molecule is Cc1cc([C@@H](C)Nc2ccccc2C(=O)O)c2nc(N3CCC(C)(C)CC3)[nH]c(=O)c2c1. The van der Waals surface area contributed by atoms with Gasteiger partial charge in [-0.25, -0.2) is 9.78 Å². The van der Waals surface area contributed by atoms with Gasteiger partial charge in [0, 0.05) is 24.3 Å². The minimum absolute atomic E-state index is 0.155. The number of carbonyl (C=O) groups is 1. The number of fused-ring (bicyclic) bond motifs is 1. The minimum Gasteiger partial charge on any atom is -0.478 e. The number of benzene rings is 2. The number of carboxylic acids is 1. The van der Waals surface area contributed by atoms with Gasteiger partial charge in [0.2, 0.25) is 5.95 Å². The molecular weight excluding hydrogens is 404 g/mol. The fourth-order valence-corrected chi connectivity index (χ4v) is 4.32. The topological polar surface area (TPSA) is 98.3 Å². The Bertz CT molecular complexity index is 1220. The van der Waals surface area contributed by atoms with Crippen molar-refractivity contribution in [3.8, 4) is 0 Å². The van der Waals surface area contributed by atoms with Gasteiger partial charge in [0.25, 0.3) is 5.56 Å². The summed E-state index contributed by atoms with van der Waals surface area (Å²) in [6.45, 7) is 10.1. The lowest BCUT2D eigenvalue weighted by molar-refractivity contribution is 0.0698. The molecule has 2 aromatic carbocycles. The molecule has 1 saturated heterocycles. The van der Waals surface area contributed by atoms with Gasteiger partial charge in [-0.1, -0.05) is 32.0 Å². The number of H-pyrrole nitrogens is 1.